The zero-order chi connectivity index (χ0) is 14.3. The van der Waals surface area contributed by atoms with E-state index >= 15 is 0 Å². The van der Waals surface area contributed by atoms with Crippen molar-refractivity contribution in [3.63, 3.8) is 0 Å². The van der Waals surface area contributed by atoms with Gasteiger partial charge in [-0.05, 0) is 50.4 Å². The van der Waals surface area contributed by atoms with Crippen LogP contribution in [0.25, 0.3) is 0 Å². The highest BCUT2D eigenvalue weighted by Crippen LogP contribution is 2.32. The predicted octanol–water partition coefficient (Wildman–Crippen LogP) is 4.54. The van der Waals surface area contributed by atoms with Crippen LogP contribution in [0.3, 0.4) is 0 Å². The highest BCUT2D eigenvalue weighted by atomic mass is 16.5. The fourth-order valence-electron chi connectivity index (χ4n) is 2.63. The number of rotatable bonds is 8. The van der Waals surface area contributed by atoms with Gasteiger partial charge in [0.25, 0.3) is 0 Å². The van der Waals surface area contributed by atoms with Crippen LogP contribution in [0.1, 0.15) is 62.3 Å². The summed E-state index contributed by atoms with van der Waals surface area (Å²) in [4.78, 5) is 0. The summed E-state index contributed by atoms with van der Waals surface area (Å²) in [6.07, 6.45) is 4.82. The molecular weight excluding hydrogens is 234 g/mol. The molecule has 0 bridgehead atoms. The second-order valence-corrected chi connectivity index (χ2v) is 5.35. The van der Waals surface area contributed by atoms with Gasteiger partial charge in [-0.2, -0.15) is 0 Å². The molecule has 1 unspecified atom stereocenters. The molecule has 1 atom stereocenters. The summed E-state index contributed by atoms with van der Waals surface area (Å²) in [7, 11) is 1.77. The van der Waals surface area contributed by atoms with Crippen LogP contribution in [0.5, 0.6) is 5.75 Å². The van der Waals surface area contributed by atoms with Gasteiger partial charge < -0.3 is 10.1 Å². The van der Waals surface area contributed by atoms with Crippen molar-refractivity contribution in [3.05, 3.63) is 28.8 Å². The maximum absolute atomic E-state index is 5.61. The van der Waals surface area contributed by atoms with E-state index in [9.17, 15) is 0 Å². The lowest BCUT2D eigenvalue weighted by Crippen LogP contribution is -2.23. The molecule has 19 heavy (non-hydrogen) atoms. The Bertz CT molecular complexity index is 379. The summed E-state index contributed by atoms with van der Waals surface area (Å²) < 4.78 is 5.61. The molecule has 0 aliphatic rings. The number of hydrogen-bond acceptors (Lipinski definition) is 2. The van der Waals surface area contributed by atoms with Crippen LogP contribution in [0, 0.1) is 13.8 Å². The van der Waals surface area contributed by atoms with Crippen molar-refractivity contribution in [1.82, 2.24) is 5.32 Å². The molecule has 1 aromatic carbocycles. The largest absolute Gasteiger partial charge is 0.496 e. The van der Waals surface area contributed by atoms with Crippen molar-refractivity contribution in [2.45, 2.75) is 59.4 Å². The van der Waals surface area contributed by atoms with Gasteiger partial charge in [0, 0.05) is 11.6 Å². The van der Waals surface area contributed by atoms with E-state index in [2.05, 4.69) is 45.1 Å². The fraction of sp³-hybridized carbons (Fsp3) is 0.647. The first kappa shape index (κ1) is 16.0. The Morgan fingerprint density at radius 3 is 2.47 bits per heavy atom. The fourth-order valence-corrected chi connectivity index (χ4v) is 2.63. The lowest BCUT2D eigenvalue weighted by atomic mass is 9.94. The minimum atomic E-state index is 0.412. The van der Waals surface area contributed by atoms with Crippen molar-refractivity contribution < 1.29 is 4.74 Å². The van der Waals surface area contributed by atoms with Crippen LogP contribution >= 0.6 is 0 Å². The molecule has 0 amide bonds. The minimum absolute atomic E-state index is 0.412. The van der Waals surface area contributed by atoms with Crippen LogP contribution in [0.15, 0.2) is 12.1 Å². The molecule has 1 rings (SSSR count). The van der Waals surface area contributed by atoms with Crippen molar-refractivity contribution in [3.8, 4) is 5.75 Å². The van der Waals surface area contributed by atoms with E-state index in [0.717, 1.165) is 18.7 Å². The number of nitrogens with one attached hydrogen (secondary N) is 1. The number of aryl methyl sites for hydroxylation is 2. The Hall–Kier alpha value is -1.02. The van der Waals surface area contributed by atoms with Gasteiger partial charge in [0.05, 0.1) is 7.11 Å². The van der Waals surface area contributed by atoms with E-state index in [1.54, 1.807) is 7.11 Å². The van der Waals surface area contributed by atoms with E-state index in [-0.39, 0.29) is 0 Å². The van der Waals surface area contributed by atoms with Gasteiger partial charge in [0.15, 0.2) is 0 Å². The lowest BCUT2D eigenvalue weighted by Gasteiger charge is -2.23. The SMILES string of the molecule is CCCCC(NCCC)c1c(C)cc(C)cc1OC. The molecular formula is C17H29NO. The molecule has 0 saturated carbocycles. The number of unbranched alkanes of at least 4 members (excludes halogenated alkanes) is 1. The first-order chi connectivity index (χ1) is 9.13. The van der Waals surface area contributed by atoms with E-state index in [4.69, 9.17) is 4.74 Å². The molecule has 0 aliphatic heterocycles. The molecule has 0 aromatic heterocycles. The summed E-state index contributed by atoms with van der Waals surface area (Å²) in [6.45, 7) is 9.83. The monoisotopic (exact) mass is 263 g/mol. The maximum atomic E-state index is 5.61. The lowest BCUT2D eigenvalue weighted by molar-refractivity contribution is 0.391. The summed E-state index contributed by atoms with van der Waals surface area (Å²) in [6, 6.07) is 4.81. The molecule has 2 heteroatoms. The van der Waals surface area contributed by atoms with Gasteiger partial charge in [0.1, 0.15) is 5.75 Å². The average Bonchev–Trinajstić information content (AvgIpc) is 2.39. The van der Waals surface area contributed by atoms with Gasteiger partial charge in [-0.3, -0.25) is 0 Å². The second-order valence-electron chi connectivity index (χ2n) is 5.35. The summed E-state index contributed by atoms with van der Waals surface area (Å²) in [5, 5.41) is 3.68. The van der Waals surface area contributed by atoms with Gasteiger partial charge in [-0.1, -0.05) is 32.8 Å². The number of benzene rings is 1. The van der Waals surface area contributed by atoms with Crippen molar-refractivity contribution in [2.24, 2.45) is 0 Å². The van der Waals surface area contributed by atoms with Crippen LogP contribution in [0.4, 0.5) is 0 Å². The minimum Gasteiger partial charge on any atom is -0.496 e. The van der Waals surface area contributed by atoms with E-state index in [0.29, 0.717) is 6.04 Å². The molecule has 0 fully saturated rings. The molecule has 0 aliphatic carbocycles. The molecule has 0 radical (unpaired) electrons. The Morgan fingerprint density at radius 1 is 1.16 bits per heavy atom. The van der Waals surface area contributed by atoms with E-state index in [1.807, 2.05) is 0 Å². The standard InChI is InChI=1S/C17H29NO/c1-6-8-9-15(18-10-7-2)17-14(4)11-13(3)12-16(17)19-5/h11-12,15,18H,6-10H2,1-5H3. The highest BCUT2D eigenvalue weighted by Gasteiger charge is 2.18. The normalized spacial score (nSPS) is 12.5. The summed E-state index contributed by atoms with van der Waals surface area (Å²) in [5.41, 5.74) is 3.94. The molecule has 0 spiro atoms. The van der Waals surface area contributed by atoms with Gasteiger partial charge in [-0.15, -0.1) is 0 Å². The zero-order valence-corrected chi connectivity index (χ0v) is 13.2. The molecule has 1 N–H and O–H groups in total. The zero-order valence-electron chi connectivity index (χ0n) is 13.2. The smallest absolute Gasteiger partial charge is 0.124 e. The van der Waals surface area contributed by atoms with Gasteiger partial charge >= 0.3 is 0 Å². The second kappa shape index (κ2) is 8.21. The van der Waals surface area contributed by atoms with Crippen molar-refractivity contribution in [2.75, 3.05) is 13.7 Å². The predicted molar refractivity (Wildman–Crippen MR) is 83.0 cm³/mol. The Balaban J connectivity index is 3.04. The topological polar surface area (TPSA) is 21.3 Å². The van der Waals surface area contributed by atoms with Crippen LogP contribution < -0.4 is 10.1 Å². The molecule has 2 nitrogen and oxygen atoms in total. The Labute approximate surface area is 118 Å². The molecule has 0 heterocycles. The third-order valence-corrected chi connectivity index (χ3v) is 3.55. The summed E-state index contributed by atoms with van der Waals surface area (Å²) >= 11 is 0. The Kier molecular flexibility index (Phi) is 6.93. The molecule has 0 saturated heterocycles. The molecule has 1 aromatic rings. The highest BCUT2D eigenvalue weighted by molar-refractivity contribution is 5.45. The van der Waals surface area contributed by atoms with Crippen LogP contribution in [-0.2, 0) is 0 Å². The average molecular weight is 263 g/mol. The quantitative estimate of drug-likeness (QED) is 0.743. The Morgan fingerprint density at radius 2 is 1.89 bits per heavy atom. The third kappa shape index (κ3) is 4.54. The van der Waals surface area contributed by atoms with Crippen LogP contribution in [-0.4, -0.2) is 13.7 Å². The van der Waals surface area contributed by atoms with E-state index in [1.165, 1.54) is 36.0 Å². The van der Waals surface area contributed by atoms with Gasteiger partial charge in [-0.25, -0.2) is 0 Å². The van der Waals surface area contributed by atoms with Crippen LogP contribution in [0.2, 0.25) is 0 Å². The maximum Gasteiger partial charge on any atom is 0.124 e. The van der Waals surface area contributed by atoms with Crippen molar-refractivity contribution >= 4 is 0 Å². The number of methoxy groups -OCH3 is 1. The molecule has 108 valence electrons. The van der Waals surface area contributed by atoms with Crippen molar-refractivity contribution in [1.29, 1.82) is 0 Å². The first-order valence-corrected chi connectivity index (χ1v) is 7.52. The number of ether oxygens (including phenoxy) is 1. The van der Waals surface area contributed by atoms with E-state index < -0.39 is 0 Å². The summed E-state index contributed by atoms with van der Waals surface area (Å²) in [5.74, 6) is 1.03. The number of hydrogen-bond donors (Lipinski definition) is 1. The first-order valence-electron chi connectivity index (χ1n) is 7.52. The third-order valence-electron chi connectivity index (χ3n) is 3.55. The van der Waals surface area contributed by atoms with Gasteiger partial charge in [0.2, 0.25) is 0 Å².